The van der Waals surface area contributed by atoms with Crippen LogP contribution in [0.5, 0.6) is 0 Å². The Morgan fingerprint density at radius 1 is 0.895 bits per heavy atom. The molecule has 1 saturated carbocycles. The predicted molar refractivity (Wildman–Crippen MR) is 85.6 cm³/mol. The van der Waals surface area contributed by atoms with Gasteiger partial charge in [0.1, 0.15) is 0 Å². The molecule has 0 aromatic carbocycles. The fraction of sp³-hybridized carbons (Fsp3) is 1.00. The van der Waals surface area contributed by atoms with E-state index in [0.29, 0.717) is 6.04 Å². The summed E-state index contributed by atoms with van der Waals surface area (Å²) in [6.07, 6.45) is 20.1. The second-order valence-electron chi connectivity index (χ2n) is 6.56. The normalized spacial score (nSPS) is 18.6. The summed E-state index contributed by atoms with van der Waals surface area (Å²) in [4.78, 5) is 0. The second-order valence-corrected chi connectivity index (χ2v) is 6.56. The molecule has 1 aliphatic carbocycles. The minimum atomic E-state index is 0.666. The van der Waals surface area contributed by atoms with E-state index in [-0.39, 0.29) is 0 Å². The van der Waals surface area contributed by atoms with Crippen LogP contribution in [0.1, 0.15) is 96.8 Å². The number of rotatable bonds is 11. The van der Waals surface area contributed by atoms with Gasteiger partial charge in [-0.05, 0) is 18.8 Å². The first-order chi connectivity index (χ1) is 9.36. The first-order valence-corrected chi connectivity index (χ1v) is 8.95. The smallest absolute Gasteiger partial charge is 0.0245 e. The summed E-state index contributed by atoms with van der Waals surface area (Å²) in [6, 6.07) is 0.666. The highest BCUT2D eigenvalue weighted by molar-refractivity contribution is 4.73. The van der Waals surface area contributed by atoms with Crippen LogP contribution >= 0.6 is 0 Å². The summed E-state index contributed by atoms with van der Waals surface area (Å²) in [5, 5.41) is 4.63. The van der Waals surface area contributed by atoms with Crippen molar-refractivity contribution < 1.29 is 0 Å². The lowest BCUT2D eigenvalue weighted by Gasteiger charge is -2.25. The Morgan fingerprint density at radius 2 is 1.53 bits per heavy atom. The zero-order valence-corrected chi connectivity index (χ0v) is 13.5. The third kappa shape index (κ3) is 8.68. The van der Waals surface area contributed by atoms with Gasteiger partial charge in [-0.1, -0.05) is 84.0 Å². The van der Waals surface area contributed by atoms with E-state index in [9.17, 15) is 0 Å². The molecule has 1 fully saturated rings. The van der Waals surface area contributed by atoms with Crippen molar-refractivity contribution >= 4 is 0 Å². The van der Waals surface area contributed by atoms with Crippen LogP contribution in [0.2, 0.25) is 0 Å². The zero-order valence-electron chi connectivity index (χ0n) is 13.5. The molecule has 0 amide bonds. The summed E-state index contributed by atoms with van der Waals surface area (Å²) in [7, 11) is 2.04. The maximum absolute atomic E-state index is 4.63. The molecule has 1 unspecified atom stereocenters. The average Bonchev–Trinajstić information content (AvgIpc) is 2.46. The molecule has 0 aliphatic heterocycles. The highest BCUT2D eigenvalue weighted by Gasteiger charge is 2.18. The lowest BCUT2D eigenvalue weighted by molar-refractivity contribution is 0.292. The van der Waals surface area contributed by atoms with E-state index in [1.165, 1.54) is 89.9 Å². The van der Waals surface area contributed by atoms with Gasteiger partial charge in [-0.3, -0.25) is 0 Å². The van der Waals surface area contributed by atoms with Gasteiger partial charge in [0, 0.05) is 13.1 Å². The van der Waals surface area contributed by atoms with Crippen LogP contribution in [-0.4, -0.2) is 13.1 Å². The van der Waals surface area contributed by atoms with Crippen LogP contribution in [0.15, 0.2) is 0 Å². The number of nitrogens with zero attached hydrogens (tertiary/aromatic N) is 1. The molecule has 0 spiro atoms. The maximum Gasteiger partial charge on any atom is 0.0245 e. The molecule has 0 heterocycles. The Labute approximate surface area is 121 Å². The van der Waals surface area contributed by atoms with Crippen molar-refractivity contribution in [3.8, 4) is 0 Å². The third-order valence-electron chi connectivity index (χ3n) is 4.84. The molecule has 0 saturated heterocycles. The Kier molecular flexibility index (Phi) is 10.5. The first-order valence-electron chi connectivity index (χ1n) is 8.95. The molecule has 0 aromatic heterocycles. The van der Waals surface area contributed by atoms with Gasteiger partial charge in [0.05, 0.1) is 0 Å². The van der Waals surface area contributed by atoms with E-state index in [4.69, 9.17) is 0 Å². The molecule has 1 aliphatic rings. The lowest BCUT2D eigenvalue weighted by Crippen LogP contribution is -2.23. The molecule has 1 heteroatoms. The van der Waals surface area contributed by atoms with Crippen molar-refractivity contribution in [3.05, 3.63) is 0 Å². The molecule has 113 valence electrons. The number of unbranched alkanes of at least 4 members (excludes halogenated alkanes) is 6. The maximum atomic E-state index is 4.63. The van der Waals surface area contributed by atoms with Crippen molar-refractivity contribution in [2.24, 2.45) is 5.92 Å². The summed E-state index contributed by atoms with van der Waals surface area (Å²) >= 11 is 0. The van der Waals surface area contributed by atoms with Crippen molar-refractivity contribution in [1.29, 1.82) is 0 Å². The standard InChI is InChI=1S/C18H36N/c1-3-4-5-6-7-8-12-15-18(19-2)16-17-13-10-9-11-14-17/h17-18H,3-16H2,1-2H3. The van der Waals surface area contributed by atoms with E-state index in [2.05, 4.69) is 12.2 Å². The largest absolute Gasteiger partial charge is 0.242 e. The number of hydrogen-bond donors (Lipinski definition) is 0. The fourth-order valence-electron chi connectivity index (χ4n) is 3.50. The third-order valence-corrected chi connectivity index (χ3v) is 4.84. The highest BCUT2D eigenvalue weighted by Crippen LogP contribution is 2.28. The van der Waals surface area contributed by atoms with E-state index < -0.39 is 0 Å². The van der Waals surface area contributed by atoms with E-state index >= 15 is 0 Å². The molecule has 0 aromatic rings. The Bertz CT molecular complexity index is 184. The van der Waals surface area contributed by atoms with Crippen LogP contribution in [-0.2, 0) is 0 Å². The molecule has 1 radical (unpaired) electrons. The van der Waals surface area contributed by atoms with Gasteiger partial charge in [-0.25, -0.2) is 5.32 Å². The average molecular weight is 266 g/mol. The van der Waals surface area contributed by atoms with Crippen LogP contribution in [0.4, 0.5) is 0 Å². The molecule has 19 heavy (non-hydrogen) atoms. The fourth-order valence-corrected chi connectivity index (χ4v) is 3.50. The van der Waals surface area contributed by atoms with Gasteiger partial charge in [0.25, 0.3) is 0 Å². The Balaban J connectivity index is 1.98. The molecule has 1 nitrogen and oxygen atoms in total. The molecule has 0 N–H and O–H groups in total. The van der Waals surface area contributed by atoms with Crippen LogP contribution < -0.4 is 5.32 Å². The minimum Gasteiger partial charge on any atom is -0.242 e. The Hall–Kier alpha value is -0.0400. The summed E-state index contributed by atoms with van der Waals surface area (Å²) in [5.74, 6) is 0.993. The van der Waals surface area contributed by atoms with E-state index in [1.807, 2.05) is 7.05 Å². The van der Waals surface area contributed by atoms with Crippen molar-refractivity contribution in [2.75, 3.05) is 7.05 Å². The topological polar surface area (TPSA) is 14.1 Å². The van der Waals surface area contributed by atoms with Gasteiger partial charge in [-0.2, -0.15) is 0 Å². The molecule has 0 bridgehead atoms. The van der Waals surface area contributed by atoms with Gasteiger partial charge in [-0.15, -0.1) is 0 Å². The van der Waals surface area contributed by atoms with E-state index in [1.54, 1.807) is 0 Å². The minimum absolute atomic E-state index is 0.666. The van der Waals surface area contributed by atoms with Crippen LogP contribution in [0.25, 0.3) is 0 Å². The predicted octanol–water partition coefficient (Wildman–Crippen LogP) is 5.70. The monoisotopic (exact) mass is 266 g/mol. The molecular weight excluding hydrogens is 230 g/mol. The first kappa shape index (κ1) is 17.0. The van der Waals surface area contributed by atoms with Crippen molar-refractivity contribution in [1.82, 2.24) is 5.32 Å². The summed E-state index contributed by atoms with van der Waals surface area (Å²) < 4.78 is 0. The van der Waals surface area contributed by atoms with Crippen LogP contribution in [0.3, 0.4) is 0 Å². The SMILES string of the molecule is CCCCCCCCCC(CC1CCCCC1)[N]C. The lowest BCUT2D eigenvalue weighted by atomic mass is 9.84. The van der Waals surface area contributed by atoms with Crippen molar-refractivity contribution in [2.45, 2.75) is 103 Å². The number of hydrogen-bond acceptors (Lipinski definition) is 0. The summed E-state index contributed by atoms with van der Waals surface area (Å²) in [5.41, 5.74) is 0. The molecule has 1 atom stereocenters. The van der Waals surface area contributed by atoms with Gasteiger partial charge in [0.15, 0.2) is 0 Å². The Morgan fingerprint density at radius 3 is 2.16 bits per heavy atom. The van der Waals surface area contributed by atoms with Crippen LogP contribution in [0, 0.1) is 5.92 Å². The van der Waals surface area contributed by atoms with E-state index in [0.717, 1.165) is 5.92 Å². The van der Waals surface area contributed by atoms with Crippen molar-refractivity contribution in [3.63, 3.8) is 0 Å². The zero-order chi connectivity index (χ0) is 13.8. The summed E-state index contributed by atoms with van der Waals surface area (Å²) in [6.45, 7) is 2.29. The molecule has 1 rings (SSSR count). The second kappa shape index (κ2) is 11.8. The highest BCUT2D eigenvalue weighted by atomic mass is 14.9. The quantitative estimate of drug-likeness (QED) is 0.426. The van der Waals surface area contributed by atoms with Gasteiger partial charge in [0.2, 0.25) is 0 Å². The molecular formula is C18H36N. The van der Waals surface area contributed by atoms with Gasteiger partial charge < -0.3 is 0 Å². The van der Waals surface area contributed by atoms with Gasteiger partial charge >= 0.3 is 0 Å².